The van der Waals surface area contributed by atoms with Gasteiger partial charge in [0.15, 0.2) is 0 Å². The maximum absolute atomic E-state index is 12.6. The van der Waals surface area contributed by atoms with Crippen LogP contribution in [0.1, 0.15) is 44.6 Å². The molecule has 29 heavy (non-hydrogen) atoms. The molecule has 1 aliphatic carbocycles. The first-order chi connectivity index (χ1) is 14.0. The van der Waals surface area contributed by atoms with Crippen molar-refractivity contribution in [2.24, 2.45) is 11.8 Å². The lowest BCUT2D eigenvalue weighted by atomic mass is 10.0. The minimum absolute atomic E-state index is 0.0670. The molecule has 0 bridgehead atoms. The second-order valence-electron chi connectivity index (χ2n) is 8.41. The summed E-state index contributed by atoms with van der Waals surface area (Å²) in [6.45, 7) is 6.41. The minimum atomic E-state index is -0.251. The first-order valence-corrected chi connectivity index (χ1v) is 10.6. The van der Waals surface area contributed by atoms with E-state index in [1.165, 1.54) is 18.5 Å². The smallest absolute Gasteiger partial charge is 0.228 e. The highest BCUT2D eigenvalue weighted by Gasteiger charge is 2.48. The Hall–Kier alpha value is -2.82. The molecule has 0 radical (unpaired) electrons. The van der Waals surface area contributed by atoms with Gasteiger partial charge in [0.2, 0.25) is 11.8 Å². The van der Waals surface area contributed by atoms with Gasteiger partial charge in [-0.1, -0.05) is 32.0 Å². The molecule has 4 rings (SSSR count). The lowest BCUT2D eigenvalue weighted by Gasteiger charge is -2.17. The molecule has 2 unspecified atom stereocenters. The normalized spacial score (nSPS) is 20.6. The van der Waals surface area contributed by atoms with E-state index in [-0.39, 0.29) is 23.7 Å². The maximum atomic E-state index is 12.6. The summed E-state index contributed by atoms with van der Waals surface area (Å²) in [4.78, 5) is 27.5. The molecule has 1 saturated carbocycles. The lowest BCUT2D eigenvalue weighted by molar-refractivity contribution is -0.122. The Kier molecular flexibility index (Phi) is 5.56. The molecule has 5 heteroatoms. The SMILES string of the molecule is CC(C)c1ccccc1NC(=O)C1CC1C(=O)Nc1ccc(N2CCCC2)cc1. The number of carbonyl (C=O) groups is 2. The number of amides is 2. The van der Waals surface area contributed by atoms with Gasteiger partial charge >= 0.3 is 0 Å². The number of nitrogens with one attached hydrogen (secondary N) is 2. The monoisotopic (exact) mass is 391 g/mol. The fourth-order valence-electron chi connectivity index (χ4n) is 4.08. The van der Waals surface area contributed by atoms with Crippen LogP contribution in [0.2, 0.25) is 0 Å². The highest BCUT2D eigenvalue weighted by atomic mass is 16.2. The Bertz CT molecular complexity index is 885. The van der Waals surface area contributed by atoms with Crippen molar-refractivity contribution >= 4 is 28.9 Å². The van der Waals surface area contributed by atoms with E-state index < -0.39 is 0 Å². The number of hydrogen-bond donors (Lipinski definition) is 2. The fraction of sp³-hybridized carbons (Fsp3) is 0.417. The quantitative estimate of drug-likeness (QED) is 0.755. The molecular weight excluding hydrogens is 362 g/mol. The Morgan fingerprint density at radius 2 is 1.52 bits per heavy atom. The predicted molar refractivity (Wildman–Crippen MR) is 117 cm³/mol. The van der Waals surface area contributed by atoms with Crippen LogP contribution in [-0.2, 0) is 9.59 Å². The summed E-state index contributed by atoms with van der Waals surface area (Å²) in [7, 11) is 0. The molecule has 1 saturated heterocycles. The molecule has 2 fully saturated rings. The standard InChI is InChI=1S/C24H29N3O2/c1-16(2)19-7-3-4-8-22(19)26-24(29)21-15-20(21)23(28)25-17-9-11-18(12-10-17)27-13-5-6-14-27/h3-4,7-12,16,20-21H,5-6,13-15H2,1-2H3,(H,25,28)(H,26,29). The number of anilines is 3. The number of rotatable bonds is 6. The number of para-hydroxylation sites is 1. The molecule has 5 nitrogen and oxygen atoms in total. The third-order valence-corrected chi connectivity index (χ3v) is 5.91. The van der Waals surface area contributed by atoms with E-state index in [1.54, 1.807) is 0 Å². The van der Waals surface area contributed by atoms with E-state index in [4.69, 9.17) is 0 Å². The summed E-state index contributed by atoms with van der Waals surface area (Å²) in [6.07, 6.45) is 3.09. The molecule has 152 valence electrons. The number of benzene rings is 2. The van der Waals surface area contributed by atoms with Gasteiger partial charge in [-0.3, -0.25) is 9.59 Å². The van der Waals surface area contributed by atoms with Crippen molar-refractivity contribution in [3.63, 3.8) is 0 Å². The van der Waals surface area contributed by atoms with Crippen LogP contribution in [0, 0.1) is 11.8 Å². The van der Waals surface area contributed by atoms with Gasteiger partial charge in [0.1, 0.15) is 0 Å². The molecule has 0 aromatic heterocycles. The van der Waals surface area contributed by atoms with Crippen LogP contribution in [-0.4, -0.2) is 24.9 Å². The summed E-state index contributed by atoms with van der Waals surface area (Å²) in [5, 5.41) is 5.98. The highest BCUT2D eigenvalue weighted by molar-refractivity contribution is 6.03. The number of nitrogens with zero attached hydrogens (tertiary/aromatic N) is 1. The molecule has 1 heterocycles. The Labute approximate surface area is 172 Å². The van der Waals surface area contributed by atoms with Crippen molar-refractivity contribution < 1.29 is 9.59 Å². The van der Waals surface area contributed by atoms with Crippen molar-refractivity contribution in [3.8, 4) is 0 Å². The van der Waals surface area contributed by atoms with Crippen molar-refractivity contribution in [2.75, 3.05) is 28.6 Å². The zero-order chi connectivity index (χ0) is 20.4. The highest BCUT2D eigenvalue weighted by Crippen LogP contribution is 2.40. The van der Waals surface area contributed by atoms with E-state index in [9.17, 15) is 9.59 Å². The third-order valence-electron chi connectivity index (χ3n) is 5.91. The van der Waals surface area contributed by atoms with Crippen LogP contribution in [0.4, 0.5) is 17.1 Å². The van der Waals surface area contributed by atoms with Crippen molar-refractivity contribution in [1.82, 2.24) is 0 Å². The van der Waals surface area contributed by atoms with E-state index in [2.05, 4.69) is 41.5 Å². The lowest BCUT2D eigenvalue weighted by Crippen LogP contribution is -2.21. The van der Waals surface area contributed by atoms with Gasteiger partial charge in [0.05, 0.1) is 11.8 Å². The molecule has 2 N–H and O–H groups in total. The second kappa shape index (κ2) is 8.27. The average molecular weight is 392 g/mol. The maximum Gasteiger partial charge on any atom is 0.228 e. The minimum Gasteiger partial charge on any atom is -0.372 e. The van der Waals surface area contributed by atoms with Gasteiger partial charge in [0.25, 0.3) is 0 Å². The molecule has 2 amide bonds. The van der Waals surface area contributed by atoms with Crippen molar-refractivity contribution in [3.05, 3.63) is 54.1 Å². The van der Waals surface area contributed by atoms with Gasteiger partial charge < -0.3 is 15.5 Å². The topological polar surface area (TPSA) is 61.4 Å². The van der Waals surface area contributed by atoms with Crippen molar-refractivity contribution in [2.45, 2.75) is 39.0 Å². The van der Waals surface area contributed by atoms with E-state index >= 15 is 0 Å². The van der Waals surface area contributed by atoms with Crippen LogP contribution in [0.25, 0.3) is 0 Å². The average Bonchev–Trinajstić information content (AvgIpc) is 3.35. The first-order valence-electron chi connectivity index (χ1n) is 10.6. The van der Waals surface area contributed by atoms with Crippen LogP contribution < -0.4 is 15.5 Å². The van der Waals surface area contributed by atoms with E-state index in [0.717, 1.165) is 30.0 Å². The van der Waals surface area contributed by atoms with Gasteiger partial charge in [-0.25, -0.2) is 0 Å². The predicted octanol–water partition coefficient (Wildman–Crippen LogP) is 4.62. The number of hydrogen-bond acceptors (Lipinski definition) is 3. The van der Waals surface area contributed by atoms with Gasteiger partial charge in [-0.2, -0.15) is 0 Å². The van der Waals surface area contributed by atoms with Gasteiger partial charge in [0, 0.05) is 30.2 Å². The summed E-state index contributed by atoms with van der Waals surface area (Å²) >= 11 is 0. The molecule has 2 atom stereocenters. The Morgan fingerprint density at radius 3 is 2.17 bits per heavy atom. The summed E-state index contributed by atoms with van der Waals surface area (Å²) in [5.41, 5.74) is 3.94. The molecule has 2 aromatic rings. The molecular formula is C24H29N3O2. The van der Waals surface area contributed by atoms with E-state index in [1.807, 2.05) is 36.4 Å². The van der Waals surface area contributed by atoms with Crippen LogP contribution >= 0.6 is 0 Å². The molecule has 2 aliphatic rings. The molecule has 0 spiro atoms. The molecule has 2 aromatic carbocycles. The van der Waals surface area contributed by atoms with Gasteiger partial charge in [-0.15, -0.1) is 0 Å². The van der Waals surface area contributed by atoms with Crippen molar-refractivity contribution in [1.29, 1.82) is 0 Å². The summed E-state index contributed by atoms with van der Waals surface area (Å²) in [5.74, 6) is -0.314. The van der Waals surface area contributed by atoms with Crippen LogP contribution in [0.3, 0.4) is 0 Å². The first kappa shape index (κ1) is 19.5. The number of carbonyl (C=O) groups excluding carboxylic acids is 2. The van der Waals surface area contributed by atoms with Crippen LogP contribution in [0.15, 0.2) is 48.5 Å². The summed E-state index contributed by atoms with van der Waals surface area (Å²) < 4.78 is 0. The fourth-order valence-corrected chi connectivity index (χ4v) is 4.08. The Morgan fingerprint density at radius 1 is 0.897 bits per heavy atom. The second-order valence-corrected chi connectivity index (χ2v) is 8.41. The largest absolute Gasteiger partial charge is 0.372 e. The van der Waals surface area contributed by atoms with E-state index in [0.29, 0.717) is 12.3 Å². The third kappa shape index (κ3) is 4.44. The Balaban J connectivity index is 1.32. The summed E-state index contributed by atoms with van der Waals surface area (Å²) in [6, 6.07) is 15.9. The van der Waals surface area contributed by atoms with Crippen LogP contribution in [0.5, 0.6) is 0 Å². The molecule has 1 aliphatic heterocycles. The zero-order valence-corrected chi connectivity index (χ0v) is 17.2. The van der Waals surface area contributed by atoms with Gasteiger partial charge in [-0.05, 0) is 61.1 Å². The zero-order valence-electron chi connectivity index (χ0n) is 17.2.